The molecule has 0 amide bonds. The van der Waals surface area contributed by atoms with Crippen molar-refractivity contribution in [2.75, 3.05) is 19.2 Å². The van der Waals surface area contributed by atoms with Gasteiger partial charge in [0.2, 0.25) is 0 Å². The van der Waals surface area contributed by atoms with Crippen LogP contribution >= 0.6 is 25.2 Å². The van der Waals surface area contributed by atoms with Crippen molar-refractivity contribution in [3.05, 3.63) is 72.8 Å². The molecule has 0 saturated carbocycles. The predicted octanol–water partition coefficient (Wildman–Crippen LogP) is 10.2. The van der Waals surface area contributed by atoms with Crippen molar-refractivity contribution in [1.82, 2.24) is 0 Å². The van der Waals surface area contributed by atoms with Crippen LogP contribution in [-0.2, 0) is 0 Å². The third-order valence-corrected chi connectivity index (χ3v) is 21.9. The molecule has 0 bridgehead atoms. The Morgan fingerprint density at radius 3 is 1.39 bits per heavy atom. The van der Waals surface area contributed by atoms with Crippen LogP contribution in [-0.4, -0.2) is 41.8 Å². The molecule has 4 aromatic rings. The van der Waals surface area contributed by atoms with Crippen LogP contribution in [0.1, 0.15) is 55.4 Å². The van der Waals surface area contributed by atoms with Gasteiger partial charge in [0, 0.05) is 0 Å². The van der Waals surface area contributed by atoms with Gasteiger partial charge in [-0.2, -0.15) is 0 Å². The average molecular weight is 565 g/mol. The molecule has 0 aliphatic rings. The molecule has 0 atom stereocenters. The van der Waals surface area contributed by atoms with Crippen molar-refractivity contribution in [2.24, 2.45) is 0 Å². The van der Waals surface area contributed by atoms with Gasteiger partial charge in [-0.3, -0.25) is 0 Å². The maximum atomic E-state index is 2.65. The Bertz CT molecular complexity index is 1410. The van der Waals surface area contributed by atoms with Crippen LogP contribution in [0.25, 0.3) is 21.5 Å². The second-order valence-electron chi connectivity index (χ2n) is 12.9. The monoisotopic (exact) mass is 564 g/mol. The minimum atomic E-state index is -1.80. The summed E-state index contributed by atoms with van der Waals surface area (Å²) in [6.07, 6.45) is 5.19. The van der Waals surface area contributed by atoms with Crippen LogP contribution in [0.15, 0.2) is 82.6 Å². The molecule has 0 aliphatic heterocycles. The Balaban J connectivity index is 2.12. The van der Waals surface area contributed by atoms with E-state index < -0.39 is 17.3 Å². The molecule has 3 heteroatoms. The predicted molar refractivity (Wildman–Crippen MR) is 185 cm³/mol. The summed E-state index contributed by atoms with van der Waals surface area (Å²) in [5, 5.41) is 8.88. The Kier molecular flexibility index (Phi) is 8.75. The van der Waals surface area contributed by atoms with Crippen molar-refractivity contribution in [3.63, 3.8) is 0 Å². The molecular formula is C35H50P2S. The molecule has 0 radical (unpaired) electrons. The first-order chi connectivity index (χ1) is 17.8. The van der Waals surface area contributed by atoms with Crippen LogP contribution in [0, 0.1) is 0 Å². The molecular weight excluding hydrogens is 514 g/mol. The van der Waals surface area contributed by atoms with Crippen molar-refractivity contribution in [2.45, 2.75) is 87.8 Å². The summed E-state index contributed by atoms with van der Waals surface area (Å²) in [6, 6.07) is 28.4. The second kappa shape index (κ2) is 11.2. The van der Waals surface area contributed by atoms with Gasteiger partial charge in [0.1, 0.15) is 0 Å². The summed E-state index contributed by atoms with van der Waals surface area (Å²) in [4.78, 5) is 3.25. The first-order valence-corrected chi connectivity index (χ1v) is 21.0. The summed E-state index contributed by atoms with van der Waals surface area (Å²) in [6.45, 7) is 22.3. The van der Waals surface area contributed by atoms with Crippen molar-refractivity contribution >= 4 is 57.4 Å². The fraction of sp³-hybridized carbons (Fsp3) is 0.429. The van der Waals surface area contributed by atoms with E-state index in [0.717, 1.165) is 0 Å². The van der Waals surface area contributed by atoms with Gasteiger partial charge in [0.05, 0.1) is 0 Å². The van der Waals surface area contributed by atoms with E-state index in [0.29, 0.717) is 22.6 Å². The quantitative estimate of drug-likeness (QED) is 0.187. The van der Waals surface area contributed by atoms with Crippen LogP contribution < -0.4 is 10.6 Å². The molecule has 0 saturated heterocycles. The third kappa shape index (κ3) is 5.21. The summed E-state index contributed by atoms with van der Waals surface area (Å²) in [7, 11) is -3.38. The topological polar surface area (TPSA) is 0 Å². The number of hydrogen-bond acceptors (Lipinski definition) is 0. The van der Waals surface area contributed by atoms with Gasteiger partial charge in [-0.05, 0) is 0 Å². The first kappa shape index (κ1) is 29.6. The van der Waals surface area contributed by atoms with Gasteiger partial charge < -0.3 is 0 Å². The van der Waals surface area contributed by atoms with Gasteiger partial charge in [0.25, 0.3) is 0 Å². The van der Waals surface area contributed by atoms with Gasteiger partial charge in [0.15, 0.2) is 0 Å². The Morgan fingerprint density at radius 2 is 0.974 bits per heavy atom. The zero-order valence-corrected chi connectivity index (χ0v) is 28.3. The fourth-order valence-electron chi connectivity index (χ4n) is 6.44. The van der Waals surface area contributed by atoms with Crippen LogP contribution in [0.3, 0.4) is 0 Å². The summed E-state index contributed by atoms with van der Waals surface area (Å²) < 4.78 is 0. The number of fused-ring (bicyclic) bond motifs is 2. The Labute approximate surface area is 236 Å². The summed E-state index contributed by atoms with van der Waals surface area (Å²) >= 11 is 0. The first-order valence-electron chi connectivity index (χ1n) is 14.4. The number of rotatable bonds is 8. The van der Waals surface area contributed by atoms with Crippen molar-refractivity contribution < 1.29 is 0 Å². The standard InChI is InChI=1S/C35H50P2S/c1-24(2)36(25(3)4)32-20-28-16-12-14-18-30(28)22-34(32)38(10,11)35-23-31-19-15-13-17-29(31)21-33(35)37(9,26(5)6)27(7)8/h12-27,37H,1-11H3. The van der Waals surface area contributed by atoms with E-state index in [2.05, 4.69) is 147 Å². The van der Waals surface area contributed by atoms with Gasteiger partial charge in [-0.25, -0.2) is 0 Å². The molecule has 0 aliphatic carbocycles. The van der Waals surface area contributed by atoms with Crippen molar-refractivity contribution in [3.8, 4) is 0 Å². The average Bonchev–Trinajstić information content (AvgIpc) is 2.86. The molecule has 0 heterocycles. The van der Waals surface area contributed by atoms with Crippen LogP contribution in [0.4, 0.5) is 0 Å². The minimum absolute atomic E-state index is 0.287. The zero-order chi connectivity index (χ0) is 28.0. The molecule has 0 fully saturated rings. The van der Waals surface area contributed by atoms with E-state index in [-0.39, 0.29) is 7.92 Å². The number of benzene rings is 4. The molecule has 0 nitrogen and oxygen atoms in total. The molecule has 0 unspecified atom stereocenters. The third-order valence-electron chi connectivity index (χ3n) is 9.14. The van der Waals surface area contributed by atoms with Gasteiger partial charge in [-0.15, -0.1) is 0 Å². The maximum absolute atomic E-state index is 2.65. The second-order valence-corrected chi connectivity index (χ2v) is 25.2. The summed E-state index contributed by atoms with van der Waals surface area (Å²) in [5.41, 5.74) is 2.67. The van der Waals surface area contributed by atoms with E-state index in [1.165, 1.54) is 21.5 Å². The fourth-order valence-corrected chi connectivity index (χ4v) is 17.7. The molecule has 4 aromatic carbocycles. The molecule has 4 rings (SSSR count). The van der Waals surface area contributed by atoms with Crippen LogP contribution in [0.2, 0.25) is 0 Å². The normalized spacial score (nSPS) is 14.1. The molecule has 0 spiro atoms. The Hall–Kier alpha value is -1.39. The van der Waals surface area contributed by atoms with Gasteiger partial charge >= 0.3 is 237 Å². The van der Waals surface area contributed by atoms with E-state index in [9.17, 15) is 0 Å². The molecule has 0 aromatic heterocycles. The molecule has 206 valence electrons. The van der Waals surface area contributed by atoms with Gasteiger partial charge in [-0.1, -0.05) is 0 Å². The number of hydrogen-bond donors (Lipinski definition) is 0. The van der Waals surface area contributed by atoms with E-state index in [4.69, 9.17) is 0 Å². The molecule has 38 heavy (non-hydrogen) atoms. The Morgan fingerprint density at radius 1 is 0.579 bits per heavy atom. The van der Waals surface area contributed by atoms with Crippen molar-refractivity contribution in [1.29, 1.82) is 0 Å². The zero-order valence-electron chi connectivity index (χ0n) is 25.6. The summed E-state index contributed by atoms with van der Waals surface area (Å²) in [5.74, 6) is 0. The SMILES string of the molecule is CC(C)P(c1cc2ccccc2cc1S(C)(C)c1cc2ccccc2cc1[PH](C)(C(C)C)C(C)C)C(C)C. The van der Waals surface area contributed by atoms with Crippen LogP contribution in [0.5, 0.6) is 0 Å². The van der Waals surface area contributed by atoms with E-state index >= 15 is 0 Å². The van der Waals surface area contributed by atoms with E-state index in [1.807, 2.05) is 0 Å². The van der Waals surface area contributed by atoms with E-state index in [1.54, 1.807) is 20.4 Å². The molecule has 0 N–H and O–H groups in total.